The zero-order chi connectivity index (χ0) is 19.4. The molecule has 0 fully saturated rings. The molecular weight excluding hydrogens is 446 g/mol. The summed E-state index contributed by atoms with van der Waals surface area (Å²) in [6.07, 6.45) is -0.251. The summed E-state index contributed by atoms with van der Waals surface area (Å²) in [5.74, 6) is 2.30. The molecule has 142 valence electrons. The predicted octanol–water partition coefficient (Wildman–Crippen LogP) is 6.45. The van der Waals surface area contributed by atoms with Gasteiger partial charge in [0.2, 0.25) is 0 Å². The molecule has 0 saturated carbocycles. The number of ether oxygens (including phenoxy) is 1. The monoisotopic (exact) mass is 465 g/mol. The first-order chi connectivity index (χ1) is 13.0. The van der Waals surface area contributed by atoms with Crippen molar-refractivity contribution >= 4 is 39.3 Å². The molecule has 1 unspecified atom stereocenters. The van der Waals surface area contributed by atoms with Crippen molar-refractivity contribution in [2.45, 2.75) is 44.3 Å². The average Bonchev–Trinajstić information content (AvgIpc) is 3.07. The normalized spacial score (nSPS) is 12.2. The lowest BCUT2D eigenvalue weighted by Crippen LogP contribution is -2.12. The van der Waals surface area contributed by atoms with E-state index in [-0.39, 0.29) is 6.10 Å². The molecule has 1 heterocycles. The van der Waals surface area contributed by atoms with Crippen LogP contribution in [0, 0.1) is 6.92 Å². The van der Waals surface area contributed by atoms with Gasteiger partial charge in [0.05, 0.1) is 5.02 Å². The molecule has 27 heavy (non-hydrogen) atoms. The molecule has 0 spiro atoms. The number of nitrogens with zero attached hydrogens (tertiary/aromatic N) is 3. The number of hydrogen-bond donors (Lipinski definition) is 0. The van der Waals surface area contributed by atoms with Gasteiger partial charge in [0.25, 0.3) is 0 Å². The fourth-order valence-electron chi connectivity index (χ4n) is 2.68. The summed E-state index contributed by atoms with van der Waals surface area (Å²) >= 11 is 11.4. The maximum atomic E-state index is 6.26. The van der Waals surface area contributed by atoms with Gasteiger partial charge in [-0.05, 0) is 56.2 Å². The molecule has 3 rings (SSSR count). The molecule has 0 amide bonds. The second-order valence-electron chi connectivity index (χ2n) is 6.19. The summed E-state index contributed by atoms with van der Waals surface area (Å²) in [5.41, 5.74) is 2.34. The van der Waals surface area contributed by atoms with E-state index in [0.29, 0.717) is 10.8 Å². The Balaban J connectivity index is 1.74. The van der Waals surface area contributed by atoms with Crippen LogP contribution in [-0.4, -0.2) is 14.8 Å². The molecular formula is C20H21BrClN3OS. The van der Waals surface area contributed by atoms with E-state index in [2.05, 4.69) is 49.8 Å². The Kier molecular flexibility index (Phi) is 6.84. The highest BCUT2D eigenvalue weighted by molar-refractivity contribution is 9.10. The Morgan fingerprint density at radius 1 is 1.19 bits per heavy atom. The molecule has 3 aromatic rings. The van der Waals surface area contributed by atoms with Crippen LogP contribution in [0.3, 0.4) is 0 Å². The molecule has 0 N–H and O–H groups in total. The molecule has 0 bridgehead atoms. The van der Waals surface area contributed by atoms with E-state index in [4.69, 9.17) is 16.3 Å². The molecule has 0 aliphatic rings. The molecule has 2 aromatic carbocycles. The van der Waals surface area contributed by atoms with E-state index in [0.717, 1.165) is 33.3 Å². The van der Waals surface area contributed by atoms with Crippen molar-refractivity contribution in [1.82, 2.24) is 14.8 Å². The highest BCUT2D eigenvalue weighted by Crippen LogP contribution is 2.31. The molecule has 1 atom stereocenters. The van der Waals surface area contributed by atoms with E-state index < -0.39 is 0 Å². The summed E-state index contributed by atoms with van der Waals surface area (Å²) in [7, 11) is 0. The maximum absolute atomic E-state index is 6.26. The molecule has 4 nitrogen and oxygen atoms in total. The summed E-state index contributed by atoms with van der Waals surface area (Å²) in [6.45, 7) is 6.85. The van der Waals surface area contributed by atoms with Crippen molar-refractivity contribution in [3.8, 4) is 5.75 Å². The number of thioether (sulfide) groups is 1. The highest BCUT2D eigenvalue weighted by Gasteiger charge is 2.19. The SMILES string of the molecule is CCn1c(SCc2ccc(Br)cc2)nnc1C(C)Oc1cc(C)ccc1Cl. The number of halogens is 2. The van der Waals surface area contributed by atoms with E-state index in [1.54, 1.807) is 11.8 Å². The van der Waals surface area contributed by atoms with E-state index in [9.17, 15) is 0 Å². The minimum atomic E-state index is -0.251. The van der Waals surface area contributed by atoms with Crippen LogP contribution in [0.2, 0.25) is 5.02 Å². The summed E-state index contributed by atoms with van der Waals surface area (Å²) < 4.78 is 9.25. The smallest absolute Gasteiger partial charge is 0.191 e. The standard InChI is InChI=1S/C20H21BrClN3OS/c1-4-25-19(14(3)26-18-11-13(2)5-10-17(18)22)23-24-20(25)27-12-15-6-8-16(21)9-7-15/h5-11,14H,4,12H2,1-3H3. The minimum Gasteiger partial charge on any atom is -0.481 e. The first-order valence-electron chi connectivity index (χ1n) is 8.71. The number of benzene rings is 2. The van der Waals surface area contributed by atoms with Crippen LogP contribution in [0.25, 0.3) is 0 Å². The van der Waals surface area contributed by atoms with Gasteiger partial charge < -0.3 is 9.30 Å². The lowest BCUT2D eigenvalue weighted by atomic mass is 10.2. The van der Waals surface area contributed by atoms with Crippen LogP contribution < -0.4 is 4.74 Å². The Hall–Kier alpha value is -1.50. The Bertz CT molecular complexity index is 914. The lowest BCUT2D eigenvalue weighted by molar-refractivity contribution is 0.210. The van der Waals surface area contributed by atoms with Crippen molar-refractivity contribution in [3.63, 3.8) is 0 Å². The van der Waals surface area contributed by atoms with Crippen LogP contribution in [-0.2, 0) is 12.3 Å². The molecule has 7 heteroatoms. The number of aromatic nitrogens is 3. The minimum absolute atomic E-state index is 0.251. The Morgan fingerprint density at radius 2 is 1.93 bits per heavy atom. The quantitative estimate of drug-likeness (QED) is 0.375. The number of aryl methyl sites for hydroxylation is 1. The third-order valence-electron chi connectivity index (χ3n) is 4.10. The molecule has 0 aliphatic carbocycles. The first kappa shape index (κ1) is 20.2. The van der Waals surface area contributed by atoms with Gasteiger partial charge in [-0.2, -0.15) is 0 Å². The van der Waals surface area contributed by atoms with Crippen LogP contribution >= 0.6 is 39.3 Å². The molecule has 1 aromatic heterocycles. The van der Waals surface area contributed by atoms with Gasteiger partial charge in [0.15, 0.2) is 17.1 Å². The van der Waals surface area contributed by atoms with E-state index in [1.807, 2.05) is 44.2 Å². The average molecular weight is 467 g/mol. The zero-order valence-corrected chi connectivity index (χ0v) is 18.6. The summed E-state index contributed by atoms with van der Waals surface area (Å²) in [6, 6.07) is 14.1. The van der Waals surface area contributed by atoms with Crippen molar-refractivity contribution in [2.24, 2.45) is 0 Å². The fourth-order valence-corrected chi connectivity index (χ4v) is 4.07. The van der Waals surface area contributed by atoms with E-state index in [1.165, 1.54) is 5.56 Å². The van der Waals surface area contributed by atoms with Gasteiger partial charge in [0.1, 0.15) is 5.75 Å². The zero-order valence-electron chi connectivity index (χ0n) is 15.4. The van der Waals surface area contributed by atoms with Gasteiger partial charge in [-0.3, -0.25) is 0 Å². The number of hydrogen-bond acceptors (Lipinski definition) is 4. The van der Waals surface area contributed by atoms with Crippen LogP contribution in [0.1, 0.15) is 36.9 Å². The molecule has 0 radical (unpaired) electrons. The third kappa shape index (κ3) is 5.06. The van der Waals surface area contributed by atoms with Gasteiger partial charge in [-0.1, -0.05) is 57.5 Å². The maximum Gasteiger partial charge on any atom is 0.191 e. The second kappa shape index (κ2) is 9.13. The number of rotatable bonds is 7. The van der Waals surface area contributed by atoms with Crippen molar-refractivity contribution in [2.75, 3.05) is 0 Å². The molecule has 0 aliphatic heterocycles. The summed E-state index contributed by atoms with van der Waals surface area (Å²) in [4.78, 5) is 0. The van der Waals surface area contributed by atoms with Gasteiger partial charge in [0, 0.05) is 16.8 Å². The Labute approximate surface area is 177 Å². The van der Waals surface area contributed by atoms with Crippen LogP contribution in [0.15, 0.2) is 52.1 Å². The summed E-state index contributed by atoms with van der Waals surface area (Å²) in [5, 5.41) is 10.2. The van der Waals surface area contributed by atoms with E-state index >= 15 is 0 Å². The largest absolute Gasteiger partial charge is 0.481 e. The van der Waals surface area contributed by atoms with Crippen molar-refractivity contribution in [3.05, 3.63) is 68.9 Å². The topological polar surface area (TPSA) is 39.9 Å². The predicted molar refractivity (Wildman–Crippen MR) is 115 cm³/mol. The van der Waals surface area contributed by atoms with Crippen LogP contribution in [0.4, 0.5) is 0 Å². The van der Waals surface area contributed by atoms with Gasteiger partial charge in [-0.15, -0.1) is 10.2 Å². The highest BCUT2D eigenvalue weighted by atomic mass is 79.9. The van der Waals surface area contributed by atoms with Crippen molar-refractivity contribution in [1.29, 1.82) is 0 Å². The van der Waals surface area contributed by atoms with Gasteiger partial charge in [-0.25, -0.2) is 0 Å². The van der Waals surface area contributed by atoms with Crippen molar-refractivity contribution < 1.29 is 4.74 Å². The first-order valence-corrected chi connectivity index (χ1v) is 10.9. The second-order valence-corrected chi connectivity index (χ2v) is 8.46. The fraction of sp³-hybridized carbons (Fsp3) is 0.300. The lowest BCUT2D eigenvalue weighted by Gasteiger charge is -2.17. The molecule has 0 saturated heterocycles. The third-order valence-corrected chi connectivity index (χ3v) is 5.98. The van der Waals surface area contributed by atoms with Gasteiger partial charge >= 0.3 is 0 Å². The Morgan fingerprint density at radius 3 is 2.63 bits per heavy atom. The van der Waals surface area contributed by atoms with Crippen LogP contribution in [0.5, 0.6) is 5.75 Å².